The zero-order chi connectivity index (χ0) is 13.8. The Balaban J connectivity index is 2.77. The van der Waals surface area contributed by atoms with E-state index in [0.717, 1.165) is 5.56 Å². The third kappa shape index (κ3) is 4.20. The predicted molar refractivity (Wildman–Crippen MR) is 70.2 cm³/mol. The van der Waals surface area contributed by atoms with Crippen molar-refractivity contribution < 1.29 is 19.3 Å². The van der Waals surface area contributed by atoms with Crippen molar-refractivity contribution >= 4 is 0 Å². The molecule has 0 heterocycles. The standard InChI is InChI=1S/C14H22O4/c1-14(2,3)18-9-11(15)10-6-7-12(16-4)13(8-10)17-5/h6-8,11,15H,9H2,1-5H3. The van der Waals surface area contributed by atoms with Gasteiger partial charge in [0.25, 0.3) is 0 Å². The van der Waals surface area contributed by atoms with E-state index in [4.69, 9.17) is 14.2 Å². The molecule has 0 aromatic heterocycles. The summed E-state index contributed by atoms with van der Waals surface area (Å²) in [5.41, 5.74) is 0.481. The normalized spacial score (nSPS) is 13.2. The molecule has 0 aliphatic heterocycles. The van der Waals surface area contributed by atoms with E-state index in [1.165, 1.54) is 0 Å². The van der Waals surface area contributed by atoms with E-state index in [0.29, 0.717) is 11.5 Å². The number of aliphatic hydroxyl groups is 1. The van der Waals surface area contributed by atoms with Crippen LogP contribution in [0.3, 0.4) is 0 Å². The van der Waals surface area contributed by atoms with Crippen LogP contribution in [0.5, 0.6) is 11.5 Å². The van der Waals surface area contributed by atoms with Crippen LogP contribution < -0.4 is 9.47 Å². The average molecular weight is 254 g/mol. The first-order valence-electron chi connectivity index (χ1n) is 5.91. The molecule has 4 nitrogen and oxygen atoms in total. The fourth-order valence-corrected chi connectivity index (χ4v) is 1.49. The van der Waals surface area contributed by atoms with Crippen molar-refractivity contribution in [2.75, 3.05) is 20.8 Å². The van der Waals surface area contributed by atoms with Crippen LogP contribution in [0.1, 0.15) is 32.4 Å². The van der Waals surface area contributed by atoms with Gasteiger partial charge in [-0.1, -0.05) is 6.07 Å². The number of aliphatic hydroxyl groups excluding tert-OH is 1. The molecular formula is C14H22O4. The van der Waals surface area contributed by atoms with Crippen molar-refractivity contribution in [3.05, 3.63) is 23.8 Å². The minimum atomic E-state index is -0.677. The number of methoxy groups -OCH3 is 2. The monoisotopic (exact) mass is 254 g/mol. The zero-order valence-electron chi connectivity index (χ0n) is 11.7. The number of hydrogen-bond donors (Lipinski definition) is 1. The van der Waals surface area contributed by atoms with Gasteiger partial charge in [-0.3, -0.25) is 0 Å². The fourth-order valence-electron chi connectivity index (χ4n) is 1.49. The van der Waals surface area contributed by atoms with Crippen molar-refractivity contribution in [2.45, 2.75) is 32.5 Å². The van der Waals surface area contributed by atoms with Crippen LogP contribution in [-0.2, 0) is 4.74 Å². The van der Waals surface area contributed by atoms with Crippen LogP contribution in [-0.4, -0.2) is 31.5 Å². The van der Waals surface area contributed by atoms with Gasteiger partial charge in [-0.15, -0.1) is 0 Å². The summed E-state index contributed by atoms with van der Waals surface area (Å²) in [6.45, 7) is 6.11. The van der Waals surface area contributed by atoms with E-state index in [1.54, 1.807) is 32.4 Å². The third-order valence-electron chi connectivity index (χ3n) is 2.47. The number of hydrogen-bond acceptors (Lipinski definition) is 4. The van der Waals surface area contributed by atoms with Crippen LogP contribution in [0.25, 0.3) is 0 Å². The van der Waals surface area contributed by atoms with Crippen molar-refractivity contribution in [3.63, 3.8) is 0 Å². The second-order valence-corrected chi connectivity index (χ2v) is 5.05. The molecule has 1 rings (SSSR count). The maximum Gasteiger partial charge on any atom is 0.161 e. The summed E-state index contributed by atoms with van der Waals surface area (Å²) in [5.74, 6) is 1.25. The summed E-state index contributed by atoms with van der Waals surface area (Å²) in [6, 6.07) is 5.34. The topological polar surface area (TPSA) is 47.9 Å². The molecule has 1 unspecified atom stereocenters. The Kier molecular flexibility index (Phi) is 4.99. The predicted octanol–water partition coefficient (Wildman–Crippen LogP) is 2.55. The lowest BCUT2D eigenvalue weighted by molar-refractivity contribution is -0.0496. The maximum absolute atomic E-state index is 10.0. The Morgan fingerprint density at radius 2 is 1.72 bits per heavy atom. The molecule has 0 radical (unpaired) electrons. The average Bonchev–Trinajstić information content (AvgIpc) is 2.34. The highest BCUT2D eigenvalue weighted by molar-refractivity contribution is 5.43. The quantitative estimate of drug-likeness (QED) is 0.877. The lowest BCUT2D eigenvalue weighted by atomic mass is 10.1. The SMILES string of the molecule is COc1ccc(C(O)COC(C)(C)C)cc1OC. The number of rotatable bonds is 5. The molecule has 4 heteroatoms. The highest BCUT2D eigenvalue weighted by Crippen LogP contribution is 2.30. The lowest BCUT2D eigenvalue weighted by Crippen LogP contribution is -2.22. The molecule has 1 atom stereocenters. The highest BCUT2D eigenvalue weighted by Gasteiger charge is 2.16. The molecule has 0 fully saturated rings. The van der Waals surface area contributed by atoms with Crippen molar-refractivity contribution in [1.29, 1.82) is 0 Å². The summed E-state index contributed by atoms with van der Waals surface area (Å²) in [6.07, 6.45) is -0.677. The first kappa shape index (κ1) is 14.8. The van der Waals surface area contributed by atoms with E-state index < -0.39 is 6.10 Å². The smallest absolute Gasteiger partial charge is 0.161 e. The van der Waals surface area contributed by atoms with Crippen LogP contribution in [0, 0.1) is 0 Å². The second kappa shape index (κ2) is 6.07. The zero-order valence-corrected chi connectivity index (χ0v) is 11.7. The third-order valence-corrected chi connectivity index (χ3v) is 2.47. The molecule has 102 valence electrons. The number of benzene rings is 1. The molecule has 0 aliphatic rings. The van der Waals surface area contributed by atoms with Gasteiger partial charge in [0.2, 0.25) is 0 Å². The Morgan fingerprint density at radius 3 is 2.22 bits per heavy atom. The van der Waals surface area contributed by atoms with Crippen LogP contribution in [0.2, 0.25) is 0 Å². The van der Waals surface area contributed by atoms with Gasteiger partial charge in [0.15, 0.2) is 11.5 Å². The molecule has 0 saturated carbocycles. The minimum Gasteiger partial charge on any atom is -0.493 e. The van der Waals surface area contributed by atoms with Gasteiger partial charge in [0.1, 0.15) is 6.10 Å². The molecule has 0 bridgehead atoms. The summed E-state index contributed by atoms with van der Waals surface area (Å²) < 4.78 is 15.9. The summed E-state index contributed by atoms with van der Waals surface area (Å²) in [5, 5.41) is 10.0. The van der Waals surface area contributed by atoms with Crippen molar-refractivity contribution in [2.24, 2.45) is 0 Å². The Morgan fingerprint density at radius 1 is 1.11 bits per heavy atom. The molecular weight excluding hydrogens is 232 g/mol. The molecule has 0 aliphatic carbocycles. The molecule has 1 aromatic carbocycles. The summed E-state index contributed by atoms with van der Waals surface area (Å²) in [4.78, 5) is 0. The van der Waals surface area contributed by atoms with Gasteiger partial charge in [0.05, 0.1) is 26.4 Å². The molecule has 18 heavy (non-hydrogen) atoms. The first-order chi connectivity index (χ1) is 8.37. The van der Waals surface area contributed by atoms with Gasteiger partial charge in [-0.05, 0) is 38.5 Å². The summed E-state index contributed by atoms with van der Waals surface area (Å²) >= 11 is 0. The van der Waals surface area contributed by atoms with Gasteiger partial charge in [-0.2, -0.15) is 0 Å². The molecule has 1 aromatic rings. The first-order valence-corrected chi connectivity index (χ1v) is 5.91. The molecule has 1 N–H and O–H groups in total. The summed E-state index contributed by atoms with van der Waals surface area (Å²) in [7, 11) is 3.15. The highest BCUT2D eigenvalue weighted by atomic mass is 16.5. The van der Waals surface area contributed by atoms with Crippen LogP contribution in [0.15, 0.2) is 18.2 Å². The van der Waals surface area contributed by atoms with E-state index >= 15 is 0 Å². The van der Waals surface area contributed by atoms with E-state index in [2.05, 4.69) is 0 Å². The van der Waals surface area contributed by atoms with Crippen molar-refractivity contribution in [3.8, 4) is 11.5 Å². The largest absolute Gasteiger partial charge is 0.493 e. The lowest BCUT2D eigenvalue weighted by Gasteiger charge is -2.22. The van der Waals surface area contributed by atoms with Crippen molar-refractivity contribution in [1.82, 2.24) is 0 Å². The van der Waals surface area contributed by atoms with Crippen LogP contribution in [0.4, 0.5) is 0 Å². The van der Waals surface area contributed by atoms with E-state index in [1.807, 2.05) is 20.8 Å². The molecule has 0 spiro atoms. The minimum absolute atomic E-state index is 0.249. The van der Waals surface area contributed by atoms with E-state index in [-0.39, 0.29) is 12.2 Å². The maximum atomic E-state index is 10.0. The van der Waals surface area contributed by atoms with Gasteiger partial charge in [0, 0.05) is 0 Å². The van der Waals surface area contributed by atoms with Crippen LogP contribution >= 0.6 is 0 Å². The Hall–Kier alpha value is -1.26. The fraction of sp³-hybridized carbons (Fsp3) is 0.571. The molecule has 0 amide bonds. The van der Waals surface area contributed by atoms with Gasteiger partial charge < -0.3 is 19.3 Å². The molecule has 0 saturated heterocycles. The second-order valence-electron chi connectivity index (χ2n) is 5.05. The van der Waals surface area contributed by atoms with Gasteiger partial charge in [-0.25, -0.2) is 0 Å². The number of ether oxygens (including phenoxy) is 3. The Bertz CT molecular complexity index is 382. The van der Waals surface area contributed by atoms with Gasteiger partial charge >= 0.3 is 0 Å². The Labute approximate surface area is 108 Å². The van der Waals surface area contributed by atoms with E-state index in [9.17, 15) is 5.11 Å².